The lowest BCUT2D eigenvalue weighted by Gasteiger charge is -2.21. The average Bonchev–Trinajstić information content (AvgIpc) is 0.909. The fourth-order valence-electron chi connectivity index (χ4n) is 12.9. The minimum atomic E-state index is -4.96. The van der Waals surface area contributed by atoms with E-state index in [-0.39, 0.29) is 25.7 Å². The first-order valence-electron chi connectivity index (χ1n) is 43.2. The minimum Gasteiger partial charge on any atom is -0.462 e. The second kappa shape index (κ2) is 72.9. The van der Waals surface area contributed by atoms with Gasteiger partial charge in [0, 0.05) is 25.7 Å². The Hall–Kier alpha value is -1.94. The molecule has 6 atom stereocenters. The summed E-state index contributed by atoms with van der Waals surface area (Å²) in [6.07, 6.45) is 61.2. The van der Waals surface area contributed by atoms with Crippen LogP contribution in [0.15, 0.2) is 0 Å². The van der Waals surface area contributed by atoms with Crippen LogP contribution in [0.5, 0.6) is 0 Å². The van der Waals surface area contributed by atoms with E-state index < -0.39 is 97.5 Å². The highest BCUT2D eigenvalue weighted by Crippen LogP contribution is 2.45. The van der Waals surface area contributed by atoms with Crippen LogP contribution in [-0.4, -0.2) is 96.7 Å². The van der Waals surface area contributed by atoms with Crippen molar-refractivity contribution in [3.05, 3.63) is 0 Å². The Kier molecular flexibility index (Phi) is 71.5. The van der Waals surface area contributed by atoms with Gasteiger partial charge in [-0.2, -0.15) is 0 Å². The number of carbonyl (C=O) groups excluding carboxylic acids is 4. The Morgan fingerprint density at radius 2 is 0.466 bits per heavy atom. The molecule has 17 nitrogen and oxygen atoms in total. The first-order valence-corrected chi connectivity index (χ1v) is 46.2. The Morgan fingerprint density at radius 3 is 0.689 bits per heavy atom. The molecule has 0 aliphatic heterocycles. The second-order valence-electron chi connectivity index (χ2n) is 31.9. The zero-order valence-electron chi connectivity index (χ0n) is 68.0. The number of hydrogen-bond donors (Lipinski definition) is 3. The molecule has 19 heteroatoms. The van der Waals surface area contributed by atoms with Crippen LogP contribution < -0.4 is 0 Å². The lowest BCUT2D eigenvalue weighted by Crippen LogP contribution is -2.30. The van der Waals surface area contributed by atoms with Crippen LogP contribution in [0.4, 0.5) is 0 Å². The average molecular weight is 1510 g/mol. The first kappa shape index (κ1) is 101. The third-order valence-corrected chi connectivity index (χ3v) is 21.8. The molecule has 0 aliphatic carbocycles. The van der Waals surface area contributed by atoms with Gasteiger partial charge in [-0.1, -0.05) is 383 Å². The number of carbonyl (C=O) groups is 4. The predicted octanol–water partition coefficient (Wildman–Crippen LogP) is 25.2. The van der Waals surface area contributed by atoms with Crippen LogP contribution in [0, 0.1) is 23.7 Å². The molecule has 0 aromatic heterocycles. The summed E-state index contributed by atoms with van der Waals surface area (Å²) >= 11 is 0. The van der Waals surface area contributed by atoms with Crippen molar-refractivity contribution in [1.29, 1.82) is 0 Å². The number of rotatable bonds is 81. The summed E-state index contributed by atoms with van der Waals surface area (Å²) in [5.74, 6) is 1.02. The summed E-state index contributed by atoms with van der Waals surface area (Å²) in [6, 6.07) is 0. The van der Waals surface area contributed by atoms with E-state index in [9.17, 15) is 43.2 Å². The van der Waals surface area contributed by atoms with Gasteiger partial charge in [-0.3, -0.25) is 37.3 Å². The third-order valence-electron chi connectivity index (χ3n) is 19.9. The third kappa shape index (κ3) is 76.6. The highest BCUT2D eigenvalue weighted by atomic mass is 31.2. The largest absolute Gasteiger partial charge is 0.472 e. The number of ether oxygens (including phenoxy) is 4. The molecule has 0 heterocycles. The summed E-state index contributed by atoms with van der Waals surface area (Å²) in [7, 11) is -9.93. The van der Waals surface area contributed by atoms with Crippen molar-refractivity contribution in [3.8, 4) is 0 Å². The van der Waals surface area contributed by atoms with Gasteiger partial charge in [0.2, 0.25) is 0 Å². The normalized spacial score (nSPS) is 14.2. The summed E-state index contributed by atoms with van der Waals surface area (Å²) in [5.41, 5.74) is 0. The van der Waals surface area contributed by atoms with Crippen LogP contribution in [0.3, 0.4) is 0 Å². The fraction of sp³-hybridized carbons (Fsp3) is 0.952. The molecule has 0 amide bonds. The van der Waals surface area contributed by atoms with E-state index >= 15 is 0 Å². The van der Waals surface area contributed by atoms with Crippen LogP contribution in [0.25, 0.3) is 0 Å². The van der Waals surface area contributed by atoms with E-state index in [1.54, 1.807) is 0 Å². The van der Waals surface area contributed by atoms with E-state index in [1.807, 2.05) is 0 Å². The van der Waals surface area contributed by atoms with Gasteiger partial charge in [0.15, 0.2) is 12.2 Å². The topological polar surface area (TPSA) is 237 Å². The van der Waals surface area contributed by atoms with E-state index in [1.165, 1.54) is 231 Å². The standard InChI is InChI=1S/C84H164O17P2/c1-9-77(8)63-55-47-38-32-26-20-16-17-23-29-35-41-51-59-66-83(88)100-79(70-94-81(86)64-56-48-39-33-27-21-14-10-12-18-24-30-36-44-52-60-74(2)3)72-98-102(90,91)96-68-78(85)69-97-103(92,93)99-73-80(71-95-82(87)65-57-49-43-42-46-54-62-76(6)7)101-84(89)67-58-50-40-34-28-22-15-11-13-19-25-31-37-45-53-61-75(4)5/h74-80,85H,9-73H2,1-8H3,(H,90,91)(H,92,93)/t77?,78?,79-,80-/m1/s1. The predicted molar refractivity (Wildman–Crippen MR) is 423 cm³/mol. The van der Waals surface area contributed by atoms with Crippen LogP contribution >= 0.6 is 15.6 Å². The molecule has 0 spiro atoms. The number of aliphatic hydroxyl groups is 1. The highest BCUT2D eigenvalue weighted by Gasteiger charge is 2.30. The number of unbranched alkanes of at least 4 members (excludes halogenated alkanes) is 46. The van der Waals surface area contributed by atoms with Crippen molar-refractivity contribution in [1.82, 2.24) is 0 Å². The van der Waals surface area contributed by atoms with Gasteiger partial charge in [0.25, 0.3) is 0 Å². The lowest BCUT2D eigenvalue weighted by molar-refractivity contribution is -0.161. The van der Waals surface area contributed by atoms with Gasteiger partial charge < -0.3 is 33.8 Å². The SMILES string of the molecule is CCC(C)CCCCCCCCCCCCCCCCC(=O)O[C@H](COC(=O)CCCCCCCCCCCCCCCCCC(C)C)COP(=O)(O)OCC(O)COP(=O)(O)OC[C@@H](COC(=O)CCCCCCCCC(C)C)OC(=O)CCCCCCCCCCCCCCCCCC(C)C. The second-order valence-corrected chi connectivity index (χ2v) is 34.8. The van der Waals surface area contributed by atoms with Crippen LogP contribution in [-0.2, 0) is 65.4 Å². The molecule has 0 saturated carbocycles. The molecule has 103 heavy (non-hydrogen) atoms. The number of phosphoric acid groups is 2. The molecular weight excluding hydrogens is 1340 g/mol. The van der Waals surface area contributed by atoms with E-state index in [2.05, 4.69) is 55.4 Å². The van der Waals surface area contributed by atoms with Crippen molar-refractivity contribution in [2.24, 2.45) is 23.7 Å². The molecule has 0 fully saturated rings. The molecule has 0 bridgehead atoms. The Balaban J connectivity index is 5.22. The molecule has 3 N–H and O–H groups in total. The van der Waals surface area contributed by atoms with Gasteiger partial charge in [-0.05, 0) is 49.4 Å². The molecule has 4 unspecified atom stereocenters. The molecule has 0 radical (unpaired) electrons. The Labute approximate surface area is 632 Å². The van der Waals surface area contributed by atoms with Gasteiger partial charge >= 0.3 is 39.5 Å². The summed E-state index contributed by atoms with van der Waals surface area (Å²) in [6.45, 7) is 14.3. The minimum absolute atomic E-state index is 0.106. The maximum absolute atomic E-state index is 13.1. The molecule has 0 aromatic rings. The van der Waals surface area contributed by atoms with Gasteiger partial charge in [-0.25, -0.2) is 9.13 Å². The monoisotopic (exact) mass is 1510 g/mol. The lowest BCUT2D eigenvalue weighted by atomic mass is 9.99. The smallest absolute Gasteiger partial charge is 0.462 e. The van der Waals surface area contributed by atoms with Crippen molar-refractivity contribution in [2.45, 2.75) is 453 Å². The zero-order valence-corrected chi connectivity index (χ0v) is 69.7. The summed E-state index contributed by atoms with van der Waals surface area (Å²) < 4.78 is 68.8. The molecule has 0 rings (SSSR count). The van der Waals surface area contributed by atoms with Gasteiger partial charge in [0.1, 0.15) is 19.3 Å². The van der Waals surface area contributed by atoms with Crippen molar-refractivity contribution in [3.63, 3.8) is 0 Å². The summed E-state index contributed by atoms with van der Waals surface area (Å²) in [4.78, 5) is 73.1. The molecule has 0 aliphatic rings. The van der Waals surface area contributed by atoms with E-state index in [0.717, 1.165) is 114 Å². The van der Waals surface area contributed by atoms with Crippen molar-refractivity contribution < 1.29 is 80.2 Å². The number of hydrogen-bond acceptors (Lipinski definition) is 15. The zero-order chi connectivity index (χ0) is 76.0. The fourth-order valence-corrected chi connectivity index (χ4v) is 14.5. The number of phosphoric ester groups is 2. The van der Waals surface area contributed by atoms with Crippen LogP contribution in [0.2, 0.25) is 0 Å². The van der Waals surface area contributed by atoms with Crippen LogP contribution in [0.1, 0.15) is 434 Å². The Bertz CT molecular complexity index is 2010. The van der Waals surface area contributed by atoms with Crippen molar-refractivity contribution in [2.75, 3.05) is 39.6 Å². The van der Waals surface area contributed by atoms with Crippen molar-refractivity contribution >= 4 is 39.5 Å². The number of esters is 4. The molecular formula is C84H164O17P2. The Morgan fingerprint density at radius 1 is 0.272 bits per heavy atom. The van der Waals surface area contributed by atoms with Gasteiger partial charge in [0.05, 0.1) is 26.4 Å². The van der Waals surface area contributed by atoms with Gasteiger partial charge in [-0.15, -0.1) is 0 Å². The number of aliphatic hydroxyl groups excluding tert-OH is 1. The molecule has 0 aromatic carbocycles. The van der Waals surface area contributed by atoms with E-state index in [0.29, 0.717) is 31.6 Å². The first-order chi connectivity index (χ1) is 49.6. The maximum Gasteiger partial charge on any atom is 0.472 e. The highest BCUT2D eigenvalue weighted by molar-refractivity contribution is 7.47. The van der Waals surface area contributed by atoms with E-state index in [4.69, 9.17) is 37.0 Å². The maximum atomic E-state index is 13.1. The molecule has 0 saturated heterocycles. The quantitative estimate of drug-likeness (QED) is 0.0222. The summed E-state index contributed by atoms with van der Waals surface area (Å²) in [5, 5.41) is 10.7. The molecule has 612 valence electrons.